The van der Waals surface area contributed by atoms with Gasteiger partial charge in [-0.15, -0.1) is 0 Å². The van der Waals surface area contributed by atoms with Crippen molar-refractivity contribution in [3.63, 3.8) is 0 Å². The average Bonchev–Trinajstić information content (AvgIpc) is 1.62. The number of halogens is 6. The maximum atomic E-state index is 11.6. The Morgan fingerprint density at radius 3 is 1.56 bits per heavy atom. The van der Waals surface area contributed by atoms with Gasteiger partial charge in [0.25, 0.3) is 0 Å². The van der Waals surface area contributed by atoms with Crippen LogP contribution in [0.2, 0.25) is 0 Å². The quantitative estimate of drug-likeness (QED) is 0.458. The lowest BCUT2D eigenvalue weighted by Gasteiger charge is -2.12. The van der Waals surface area contributed by atoms with Crippen LogP contribution in [0.15, 0.2) is 0 Å². The molecule has 0 spiro atoms. The fourth-order valence-electron chi connectivity index (χ4n) is 0.143. The van der Waals surface area contributed by atoms with Gasteiger partial charge in [0, 0.05) is 0 Å². The summed E-state index contributed by atoms with van der Waals surface area (Å²) >= 11 is 8.35. The zero-order valence-electron chi connectivity index (χ0n) is 3.92. The molecule has 0 heterocycles. The number of rotatable bonds is 2. The predicted molar refractivity (Wildman–Crippen MR) is 26.4 cm³/mol. The number of hydrogen-bond donors (Lipinski definition) is 0. The highest BCUT2D eigenvalue weighted by Crippen LogP contribution is 2.30. The van der Waals surface area contributed by atoms with E-state index in [2.05, 4.69) is 23.2 Å². The summed E-state index contributed by atoms with van der Waals surface area (Å²) in [5, 5.41) is -4.22. The van der Waals surface area contributed by atoms with Crippen molar-refractivity contribution in [1.82, 2.24) is 0 Å². The van der Waals surface area contributed by atoms with Crippen molar-refractivity contribution in [1.29, 1.82) is 0 Å². The van der Waals surface area contributed by atoms with E-state index in [4.69, 9.17) is 0 Å². The lowest BCUT2D eigenvalue weighted by Crippen LogP contribution is -2.29. The molecule has 56 valence electrons. The Morgan fingerprint density at radius 1 is 1.22 bits per heavy atom. The van der Waals surface area contributed by atoms with Crippen LogP contribution in [0.25, 0.3) is 0 Å². The molecule has 0 aliphatic rings. The number of alkyl halides is 6. The van der Waals surface area contributed by atoms with Gasteiger partial charge in [-0.3, -0.25) is 0 Å². The molecule has 0 fully saturated rings. The van der Waals surface area contributed by atoms with E-state index < -0.39 is 17.2 Å². The second kappa shape index (κ2) is 2.92. The Bertz CT molecular complexity index is 88.3. The molecule has 0 N–H and O–H groups in total. The van der Waals surface area contributed by atoms with E-state index in [1.807, 2.05) is 0 Å². The van der Waals surface area contributed by atoms with Crippen LogP contribution in [-0.4, -0.2) is 17.2 Å². The van der Waals surface area contributed by atoms with Gasteiger partial charge in [0.1, 0.15) is 0 Å². The summed E-state index contributed by atoms with van der Waals surface area (Å²) in [5.41, 5.74) is -2.77. The van der Waals surface area contributed by atoms with Gasteiger partial charge < -0.3 is 0 Å². The van der Waals surface area contributed by atoms with Crippen molar-refractivity contribution in [3.8, 4) is 0 Å². The minimum Gasteiger partial charge on any atom is -0.235 e. The molecule has 0 nitrogen and oxygen atoms in total. The van der Waals surface area contributed by atoms with Gasteiger partial charge in [0.15, 0.2) is 0 Å². The van der Waals surface area contributed by atoms with Crippen LogP contribution < -0.4 is 0 Å². The summed E-state index contributed by atoms with van der Waals surface area (Å²) in [7, 11) is 0. The van der Waals surface area contributed by atoms with Crippen LogP contribution >= 0.6 is 23.2 Å². The van der Waals surface area contributed by atoms with Crippen LogP contribution in [0, 0.1) is 0 Å². The summed E-state index contributed by atoms with van der Waals surface area (Å²) in [4.78, 5) is 0. The van der Waals surface area contributed by atoms with Crippen LogP contribution in [0.3, 0.4) is 0 Å². The average molecular weight is 185 g/mol. The molecule has 0 saturated carbocycles. The maximum Gasteiger partial charge on any atom is 0.356 e. The van der Waals surface area contributed by atoms with E-state index in [9.17, 15) is 17.6 Å². The van der Waals surface area contributed by atoms with Gasteiger partial charge in [-0.2, -0.15) is 8.78 Å². The number of hydrogen-bond acceptors (Lipinski definition) is 0. The van der Waals surface area contributed by atoms with Crippen molar-refractivity contribution in [3.05, 3.63) is 0 Å². The van der Waals surface area contributed by atoms with Gasteiger partial charge in [0.05, 0.1) is 0 Å². The molecule has 0 aromatic rings. The summed E-state index contributed by atoms with van der Waals surface area (Å²) in [6.07, 6.45) is -3.15. The first-order chi connectivity index (χ1) is 3.85. The Balaban J connectivity index is 3.88. The third kappa shape index (κ3) is 3.11. The van der Waals surface area contributed by atoms with Crippen molar-refractivity contribution in [2.75, 3.05) is 0 Å². The van der Waals surface area contributed by atoms with Gasteiger partial charge in [-0.05, 0) is 11.6 Å². The normalized spacial score (nSPS) is 19.3. The Labute approximate surface area is 58.7 Å². The first-order valence-corrected chi connectivity index (χ1v) is 2.66. The maximum absolute atomic E-state index is 11.6. The molecule has 0 rings (SSSR count). The minimum atomic E-state index is -4.22. The van der Waals surface area contributed by atoms with E-state index in [0.717, 1.165) is 0 Å². The van der Waals surface area contributed by atoms with Gasteiger partial charge in [-0.25, -0.2) is 8.78 Å². The zero-order valence-corrected chi connectivity index (χ0v) is 5.43. The van der Waals surface area contributed by atoms with Crippen LogP contribution in [0.1, 0.15) is 0 Å². The van der Waals surface area contributed by atoms with E-state index in [0.29, 0.717) is 0 Å². The largest absolute Gasteiger partial charge is 0.356 e. The molecule has 0 saturated heterocycles. The summed E-state index contributed by atoms with van der Waals surface area (Å²) in [6.45, 7) is 0. The molecule has 6 heteroatoms. The lowest BCUT2D eigenvalue weighted by atomic mass is 10.4. The molecule has 0 aromatic carbocycles. The fraction of sp³-hybridized carbons (Fsp3) is 1.00. The molecule has 0 bridgehead atoms. The molecule has 0 aromatic heterocycles. The first-order valence-electron chi connectivity index (χ1n) is 1.84. The van der Waals surface area contributed by atoms with E-state index in [1.54, 1.807) is 0 Å². The van der Waals surface area contributed by atoms with Crippen LogP contribution in [0.4, 0.5) is 17.6 Å². The lowest BCUT2D eigenvalue weighted by molar-refractivity contribution is -0.0133. The topological polar surface area (TPSA) is 0 Å². The predicted octanol–water partition coefficient (Wildman–Crippen LogP) is 2.69. The molecule has 9 heavy (non-hydrogen) atoms. The molecular weight excluding hydrogens is 183 g/mol. The smallest absolute Gasteiger partial charge is 0.235 e. The van der Waals surface area contributed by atoms with Crippen molar-refractivity contribution >= 4 is 23.2 Å². The molecule has 0 amide bonds. The molecule has 0 radical (unpaired) electrons. The van der Waals surface area contributed by atoms with Gasteiger partial charge in [-0.1, -0.05) is 11.6 Å². The minimum absolute atomic E-state index is 2.77. The Hall–Kier alpha value is 0.300. The standard InChI is InChI=1S/C3H2Cl2F4/c4-2(7)1(6)3(5,8)9/h1-2H/t1?,2-/m1/s1. The van der Waals surface area contributed by atoms with Crippen molar-refractivity contribution in [2.45, 2.75) is 17.2 Å². The second-order valence-electron chi connectivity index (χ2n) is 1.28. The summed E-state index contributed by atoms with van der Waals surface area (Å²) < 4.78 is 45.9. The SMILES string of the molecule is FC([C@@H](F)Cl)C(F)(F)Cl. The highest BCUT2D eigenvalue weighted by atomic mass is 35.5. The fourth-order valence-corrected chi connectivity index (χ4v) is 0.476. The summed E-state index contributed by atoms with van der Waals surface area (Å²) in [6, 6.07) is 0. The Morgan fingerprint density at radius 2 is 1.56 bits per heavy atom. The van der Waals surface area contributed by atoms with E-state index in [1.165, 1.54) is 0 Å². The van der Waals surface area contributed by atoms with E-state index >= 15 is 0 Å². The van der Waals surface area contributed by atoms with Crippen LogP contribution in [-0.2, 0) is 0 Å². The second-order valence-corrected chi connectivity index (χ2v) is 2.20. The highest BCUT2D eigenvalue weighted by Gasteiger charge is 2.42. The Kier molecular flexibility index (Phi) is 3.02. The zero-order chi connectivity index (χ0) is 7.65. The van der Waals surface area contributed by atoms with Crippen LogP contribution in [0.5, 0.6) is 0 Å². The molecule has 2 atom stereocenters. The van der Waals surface area contributed by atoms with E-state index in [-0.39, 0.29) is 0 Å². The molecule has 0 aliphatic heterocycles. The summed E-state index contributed by atoms with van der Waals surface area (Å²) in [5.74, 6) is 0. The highest BCUT2D eigenvalue weighted by molar-refractivity contribution is 6.24. The molecule has 0 aliphatic carbocycles. The monoisotopic (exact) mass is 184 g/mol. The van der Waals surface area contributed by atoms with Crippen molar-refractivity contribution < 1.29 is 17.6 Å². The van der Waals surface area contributed by atoms with Gasteiger partial charge >= 0.3 is 5.38 Å². The molecule has 1 unspecified atom stereocenters. The molecular formula is C3H2Cl2F4. The first kappa shape index (κ1) is 9.30. The third-order valence-corrected chi connectivity index (χ3v) is 0.964. The van der Waals surface area contributed by atoms with Crippen molar-refractivity contribution in [2.24, 2.45) is 0 Å². The van der Waals surface area contributed by atoms with Gasteiger partial charge in [0.2, 0.25) is 11.8 Å². The third-order valence-electron chi connectivity index (χ3n) is 0.534.